The standard InChI is InChI=1S/C26H27N7O/c34-26(30-19-4-2-1-3-5-19)23-13-16-6-7-17(14-22(16)31-23)25-27-11-10-24(32-25)29-20-8-9-21-18(12-20)15-28-33-21/h1-7,10-11,13-14,18,20-21,28,31,33H,8-9,12,15H2,(H,30,34)(H,27,29,32). The van der Waals surface area contributed by atoms with Gasteiger partial charge in [-0.1, -0.05) is 30.3 Å². The Bertz CT molecular complexity index is 1320. The summed E-state index contributed by atoms with van der Waals surface area (Å²) in [7, 11) is 0. The molecule has 2 aromatic heterocycles. The molecule has 3 heterocycles. The molecule has 2 aliphatic rings. The average molecular weight is 454 g/mol. The minimum absolute atomic E-state index is 0.172. The van der Waals surface area contributed by atoms with E-state index in [9.17, 15) is 4.79 Å². The number of nitrogens with one attached hydrogen (secondary N) is 5. The van der Waals surface area contributed by atoms with Crippen molar-refractivity contribution in [2.75, 3.05) is 17.2 Å². The molecule has 3 atom stereocenters. The van der Waals surface area contributed by atoms with Gasteiger partial charge in [-0.25, -0.2) is 9.97 Å². The van der Waals surface area contributed by atoms with E-state index >= 15 is 0 Å². The molecule has 0 radical (unpaired) electrons. The smallest absolute Gasteiger partial charge is 0.272 e. The van der Waals surface area contributed by atoms with Crippen molar-refractivity contribution in [1.29, 1.82) is 0 Å². The van der Waals surface area contributed by atoms with E-state index in [1.165, 1.54) is 0 Å². The highest BCUT2D eigenvalue weighted by Gasteiger charge is 2.33. The van der Waals surface area contributed by atoms with Crippen molar-refractivity contribution < 1.29 is 4.79 Å². The van der Waals surface area contributed by atoms with Crippen LogP contribution in [-0.4, -0.2) is 39.5 Å². The Morgan fingerprint density at radius 2 is 1.94 bits per heavy atom. The number of carbonyl (C=O) groups excluding carboxylic acids is 1. The highest BCUT2D eigenvalue weighted by atomic mass is 16.1. The van der Waals surface area contributed by atoms with Crippen molar-refractivity contribution in [1.82, 2.24) is 25.8 Å². The molecule has 34 heavy (non-hydrogen) atoms. The third-order valence-electron chi connectivity index (χ3n) is 6.80. The number of amides is 1. The lowest BCUT2D eigenvalue weighted by Crippen LogP contribution is -2.39. The maximum Gasteiger partial charge on any atom is 0.272 e. The van der Waals surface area contributed by atoms with Crippen LogP contribution in [-0.2, 0) is 0 Å². The number of carbonyl (C=O) groups is 1. The number of aromatic nitrogens is 3. The quantitative estimate of drug-likeness (QED) is 0.313. The second kappa shape index (κ2) is 8.89. The van der Waals surface area contributed by atoms with E-state index in [-0.39, 0.29) is 5.91 Å². The number of hydrazine groups is 1. The summed E-state index contributed by atoms with van der Waals surface area (Å²) in [5, 5.41) is 7.49. The summed E-state index contributed by atoms with van der Waals surface area (Å²) < 4.78 is 0. The highest BCUT2D eigenvalue weighted by molar-refractivity contribution is 6.06. The lowest BCUT2D eigenvalue weighted by molar-refractivity contribution is 0.102. The summed E-state index contributed by atoms with van der Waals surface area (Å²) in [6.07, 6.45) is 5.22. The Morgan fingerprint density at radius 3 is 2.85 bits per heavy atom. The molecule has 8 heteroatoms. The molecule has 3 unspecified atom stereocenters. The van der Waals surface area contributed by atoms with E-state index in [0.717, 1.165) is 53.8 Å². The second-order valence-corrected chi connectivity index (χ2v) is 9.12. The van der Waals surface area contributed by atoms with Crippen molar-refractivity contribution in [3.8, 4) is 11.4 Å². The monoisotopic (exact) mass is 453 g/mol. The van der Waals surface area contributed by atoms with Gasteiger partial charge in [-0.05, 0) is 55.5 Å². The first-order valence-corrected chi connectivity index (χ1v) is 11.8. The molecule has 0 bridgehead atoms. The predicted octanol–water partition coefficient (Wildman–Crippen LogP) is 3.93. The van der Waals surface area contributed by atoms with Crippen molar-refractivity contribution in [2.45, 2.75) is 31.3 Å². The van der Waals surface area contributed by atoms with Gasteiger partial charge in [0.1, 0.15) is 11.5 Å². The molecular formula is C26H27N7O. The van der Waals surface area contributed by atoms with Crippen LogP contribution in [0.2, 0.25) is 0 Å². The maximum atomic E-state index is 12.7. The number of rotatable bonds is 5. The maximum absolute atomic E-state index is 12.7. The molecule has 4 aromatic rings. The van der Waals surface area contributed by atoms with Crippen LogP contribution in [0.5, 0.6) is 0 Å². The zero-order valence-corrected chi connectivity index (χ0v) is 18.7. The Balaban J connectivity index is 1.19. The lowest BCUT2D eigenvalue weighted by atomic mass is 9.83. The number of aromatic amines is 1. The topological polar surface area (TPSA) is 107 Å². The minimum atomic E-state index is -0.172. The van der Waals surface area contributed by atoms with Gasteiger partial charge < -0.3 is 15.6 Å². The molecule has 2 fully saturated rings. The third kappa shape index (κ3) is 4.25. The van der Waals surface area contributed by atoms with Crippen LogP contribution in [0, 0.1) is 5.92 Å². The summed E-state index contributed by atoms with van der Waals surface area (Å²) in [6, 6.07) is 20.2. The average Bonchev–Trinajstić information content (AvgIpc) is 3.51. The number of H-pyrrole nitrogens is 1. The van der Waals surface area contributed by atoms with E-state index in [2.05, 4.69) is 31.5 Å². The van der Waals surface area contributed by atoms with Gasteiger partial charge in [0.25, 0.3) is 5.91 Å². The summed E-state index contributed by atoms with van der Waals surface area (Å²) in [6.45, 7) is 1.03. The molecule has 1 saturated carbocycles. The Labute approximate surface area is 197 Å². The van der Waals surface area contributed by atoms with Crippen molar-refractivity contribution in [3.63, 3.8) is 0 Å². The van der Waals surface area contributed by atoms with E-state index in [4.69, 9.17) is 4.98 Å². The summed E-state index contributed by atoms with van der Waals surface area (Å²) in [5.74, 6) is 2.00. The van der Waals surface area contributed by atoms with Crippen LogP contribution in [0.15, 0.2) is 66.9 Å². The van der Waals surface area contributed by atoms with E-state index in [1.54, 1.807) is 6.20 Å². The number of nitrogens with zero attached hydrogens (tertiary/aromatic N) is 2. The van der Waals surface area contributed by atoms with Crippen LogP contribution in [0.1, 0.15) is 29.8 Å². The van der Waals surface area contributed by atoms with Crippen LogP contribution >= 0.6 is 0 Å². The van der Waals surface area contributed by atoms with E-state index < -0.39 is 0 Å². The molecule has 172 valence electrons. The molecule has 1 amide bonds. The van der Waals surface area contributed by atoms with Gasteiger partial charge in [-0.15, -0.1) is 0 Å². The molecule has 0 spiro atoms. The van der Waals surface area contributed by atoms with Crippen LogP contribution in [0.4, 0.5) is 11.5 Å². The molecule has 6 rings (SSSR count). The predicted molar refractivity (Wildman–Crippen MR) is 133 cm³/mol. The van der Waals surface area contributed by atoms with Gasteiger partial charge in [0, 0.05) is 47.0 Å². The summed E-state index contributed by atoms with van der Waals surface area (Å²) >= 11 is 0. The molecule has 2 aromatic carbocycles. The molecule has 1 saturated heterocycles. The second-order valence-electron chi connectivity index (χ2n) is 9.12. The third-order valence-corrected chi connectivity index (χ3v) is 6.80. The van der Waals surface area contributed by atoms with Crippen molar-refractivity contribution in [2.24, 2.45) is 5.92 Å². The SMILES string of the molecule is O=C(Nc1ccccc1)c1cc2ccc(-c3nccc(NC4CCC5NNCC5C4)n3)cc2[nH]1. The van der Waals surface area contributed by atoms with Crippen molar-refractivity contribution in [3.05, 3.63) is 72.6 Å². The molecule has 1 aliphatic carbocycles. The number of anilines is 2. The van der Waals surface area contributed by atoms with Crippen LogP contribution in [0.3, 0.4) is 0 Å². The number of para-hydroxylation sites is 1. The number of hydrogen-bond donors (Lipinski definition) is 5. The number of benzene rings is 2. The van der Waals surface area contributed by atoms with Gasteiger partial charge >= 0.3 is 0 Å². The first kappa shape index (κ1) is 20.8. The van der Waals surface area contributed by atoms with E-state index in [1.807, 2.05) is 60.7 Å². The Morgan fingerprint density at radius 1 is 1.03 bits per heavy atom. The van der Waals surface area contributed by atoms with Gasteiger partial charge in [-0.3, -0.25) is 15.6 Å². The summed E-state index contributed by atoms with van der Waals surface area (Å²) in [5.41, 5.74) is 9.71. The number of hydrogen-bond acceptors (Lipinski definition) is 6. The van der Waals surface area contributed by atoms with Crippen LogP contribution in [0.25, 0.3) is 22.3 Å². The zero-order valence-electron chi connectivity index (χ0n) is 18.7. The van der Waals surface area contributed by atoms with Gasteiger partial charge in [0.15, 0.2) is 5.82 Å². The Hall–Kier alpha value is -3.75. The zero-order chi connectivity index (χ0) is 22.9. The van der Waals surface area contributed by atoms with Gasteiger partial charge in [0.2, 0.25) is 0 Å². The Kier molecular flexibility index (Phi) is 5.44. The first-order chi connectivity index (χ1) is 16.7. The minimum Gasteiger partial charge on any atom is -0.367 e. The van der Waals surface area contributed by atoms with Gasteiger partial charge in [0.05, 0.1) is 0 Å². The largest absolute Gasteiger partial charge is 0.367 e. The fourth-order valence-electron chi connectivity index (χ4n) is 5.03. The van der Waals surface area contributed by atoms with Crippen LogP contribution < -0.4 is 21.5 Å². The molecule has 8 nitrogen and oxygen atoms in total. The van der Waals surface area contributed by atoms with E-state index in [0.29, 0.717) is 29.5 Å². The molecule has 1 aliphatic heterocycles. The van der Waals surface area contributed by atoms with Gasteiger partial charge in [-0.2, -0.15) is 0 Å². The first-order valence-electron chi connectivity index (χ1n) is 11.8. The molecular weight excluding hydrogens is 426 g/mol. The fraction of sp³-hybridized carbons (Fsp3) is 0.269. The lowest BCUT2D eigenvalue weighted by Gasteiger charge is -2.31. The fourth-order valence-corrected chi connectivity index (χ4v) is 5.03. The number of fused-ring (bicyclic) bond motifs is 2. The normalized spacial score (nSPS) is 21.8. The highest BCUT2D eigenvalue weighted by Crippen LogP contribution is 2.29. The molecule has 5 N–H and O–H groups in total. The summed E-state index contributed by atoms with van der Waals surface area (Å²) in [4.78, 5) is 25.2. The van der Waals surface area contributed by atoms with Crippen molar-refractivity contribution >= 4 is 28.3 Å².